The van der Waals surface area contributed by atoms with Crippen LogP contribution in [0.15, 0.2) is 71.6 Å². The number of hydrogen-bond acceptors (Lipinski definition) is 4. The van der Waals surface area contributed by atoms with Crippen LogP contribution < -0.4 is 9.62 Å². The lowest BCUT2D eigenvalue weighted by molar-refractivity contribution is -0.139. The Morgan fingerprint density at radius 2 is 1.57 bits per heavy atom. The molecule has 7 nitrogen and oxygen atoms in total. The quantitative estimate of drug-likeness (QED) is 0.285. The van der Waals surface area contributed by atoms with E-state index in [1.54, 1.807) is 68.4 Å². The van der Waals surface area contributed by atoms with Crippen molar-refractivity contribution in [2.24, 2.45) is 0 Å². The fourth-order valence-electron chi connectivity index (χ4n) is 4.13. The van der Waals surface area contributed by atoms with Crippen LogP contribution in [-0.2, 0) is 26.2 Å². The Morgan fingerprint density at radius 1 is 0.925 bits per heavy atom. The number of rotatable bonds is 11. The summed E-state index contributed by atoms with van der Waals surface area (Å²) in [5, 5.41) is 3.85. The van der Waals surface area contributed by atoms with Gasteiger partial charge in [0.25, 0.3) is 10.0 Å². The number of benzene rings is 3. The number of halogens is 2. The highest BCUT2D eigenvalue weighted by atomic mass is 35.5. The summed E-state index contributed by atoms with van der Waals surface area (Å²) in [4.78, 5) is 28.6. The van der Waals surface area contributed by atoms with Crippen LogP contribution in [0.3, 0.4) is 0 Å². The van der Waals surface area contributed by atoms with Crippen molar-refractivity contribution < 1.29 is 18.0 Å². The van der Waals surface area contributed by atoms with Gasteiger partial charge in [-0.1, -0.05) is 60.0 Å². The number of carbonyl (C=O) groups is 2. The number of amides is 2. The van der Waals surface area contributed by atoms with E-state index in [2.05, 4.69) is 5.32 Å². The monoisotopic (exact) mass is 603 g/mol. The van der Waals surface area contributed by atoms with Crippen molar-refractivity contribution in [2.75, 3.05) is 10.8 Å². The van der Waals surface area contributed by atoms with Gasteiger partial charge >= 0.3 is 0 Å². The number of nitrogens with zero attached hydrogens (tertiary/aromatic N) is 2. The molecule has 0 radical (unpaired) electrons. The third-order valence-electron chi connectivity index (χ3n) is 6.73. The Labute approximate surface area is 247 Å². The second-order valence-electron chi connectivity index (χ2n) is 9.90. The lowest BCUT2D eigenvalue weighted by atomic mass is 10.1. The van der Waals surface area contributed by atoms with E-state index in [0.717, 1.165) is 16.3 Å². The standard InChI is InChI=1S/C30H35Cl2N3O4S/c1-6-22(4)33-30(37)23(5)34(18-24-8-7-9-25(31)17-24)29(36)19-35(28-15-12-26(32)16-21(28)3)40(38,39)27-13-10-20(2)11-14-27/h7-17,22-23H,6,18-19H2,1-5H3,(H,33,37)/t22-,23-/m1/s1. The first-order valence-electron chi connectivity index (χ1n) is 13.0. The van der Waals surface area contributed by atoms with E-state index < -0.39 is 28.5 Å². The molecule has 0 bridgehead atoms. The molecule has 2 atom stereocenters. The van der Waals surface area contributed by atoms with Gasteiger partial charge < -0.3 is 10.2 Å². The third-order valence-corrected chi connectivity index (χ3v) is 8.97. The van der Waals surface area contributed by atoms with Gasteiger partial charge in [0, 0.05) is 22.6 Å². The van der Waals surface area contributed by atoms with Crippen LogP contribution in [0.1, 0.15) is 43.9 Å². The Kier molecular flexibility index (Phi) is 10.6. The minimum absolute atomic E-state index is 0.0456. The second kappa shape index (κ2) is 13.5. The summed E-state index contributed by atoms with van der Waals surface area (Å²) in [6.07, 6.45) is 0.721. The zero-order valence-electron chi connectivity index (χ0n) is 23.3. The largest absolute Gasteiger partial charge is 0.352 e. The van der Waals surface area contributed by atoms with Crippen molar-refractivity contribution in [3.63, 3.8) is 0 Å². The molecule has 0 spiro atoms. The molecule has 2 amide bonds. The molecule has 10 heteroatoms. The average molecular weight is 605 g/mol. The first kappa shape index (κ1) is 31.5. The number of anilines is 1. The molecular weight excluding hydrogens is 569 g/mol. The average Bonchev–Trinajstić information content (AvgIpc) is 2.90. The van der Waals surface area contributed by atoms with Gasteiger partial charge in [-0.15, -0.1) is 0 Å². The molecular formula is C30H35Cl2N3O4S. The lowest BCUT2D eigenvalue weighted by Crippen LogP contribution is -2.52. The van der Waals surface area contributed by atoms with Crippen LogP contribution in [-0.4, -0.2) is 43.8 Å². The zero-order chi connectivity index (χ0) is 29.6. The molecule has 0 aliphatic heterocycles. The van der Waals surface area contributed by atoms with Crippen LogP contribution in [0.5, 0.6) is 0 Å². The van der Waals surface area contributed by atoms with Crippen molar-refractivity contribution in [3.8, 4) is 0 Å². The molecule has 0 heterocycles. The molecule has 3 aromatic carbocycles. The third kappa shape index (κ3) is 7.77. The maximum absolute atomic E-state index is 14.0. The van der Waals surface area contributed by atoms with E-state index in [1.165, 1.54) is 17.0 Å². The number of nitrogens with one attached hydrogen (secondary N) is 1. The first-order valence-corrected chi connectivity index (χ1v) is 15.2. The SMILES string of the molecule is CC[C@@H](C)NC(=O)[C@@H](C)N(Cc1cccc(Cl)c1)C(=O)CN(c1ccc(Cl)cc1C)S(=O)(=O)c1ccc(C)cc1. The summed E-state index contributed by atoms with van der Waals surface area (Å²) in [6, 6.07) is 17.3. The summed E-state index contributed by atoms with van der Waals surface area (Å²) >= 11 is 12.4. The molecule has 0 aromatic heterocycles. The molecule has 0 saturated carbocycles. The summed E-state index contributed by atoms with van der Waals surface area (Å²) in [7, 11) is -4.16. The molecule has 0 saturated heterocycles. The van der Waals surface area contributed by atoms with Gasteiger partial charge in [0.2, 0.25) is 11.8 Å². The van der Waals surface area contributed by atoms with E-state index in [9.17, 15) is 18.0 Å². The van der Waals surface area contributed by atoms with Crippen molar-refractivity contribution in [1.82, 2.24) is 10.2 Å². The molecule has 40 heavy (non-hydrogen) atoms. The van der Waals surface area contributed by atoms with Gasteiger partial charge in [-0.3, -0.25) is 13.9 Å². The van der Waals surface area contributed by atoms with E-state index in [1.807, 2.05) is 20.8 Å². The van der Waals surface area contributed by atoms with Gasteiger partial charge in [0.05, 0.1) is 10.6 Å². The summed E-state index contributed by atoms with van der Waals surface area (Å²) < 4.78 is 29.0. The van der Waals surface area contributed by atoms with Gasteiger partial charge in [0.15, 0.2) is 0 Å². The van der Waals surface area contributed by atoms with Crippen molar-refractivity contribution in [1.29, 1.82) is 0 Å². The molecule has 214 valence electrons. The maximum Gasteiger partial charge on any atom is 0.264 e. The van der Waals surface area contributed by atoms with E-state index in [0.29, 0.717) is 26.9 Å². The topological polar surface area (TPSA) is 86.8 Å². The minimum atomic E-state index is -4.16. The van der Waals surface area contributed by atoms with Crippen LogP contribution in [0, 0.1) is 13.8 Å². The summed E-state index contributed by atoms with van der Waals surface area (Å²) in [5.74, 6) is -0.878. The fourth-order valence-corrected chi connectivity index (χ4v) is 6.05. The van der Waals surface area contributed by atoms with Gasteiger partial charge in [-0.25, -0.2) is 8.42 Å². The summed E-state index contributed by atoms with van der Waals surface area (Å²) in [5.41, 5.74) is 2.51. The van der Waals surface area contributed by atoms with Crippen LogP contribution >= 0.6 is 23.2 Å². The Bertz CT molecular complexity index is 1460. The van der Waals surface area contributed by atoms with E-state index in [-0.39, 0.29) is 23.4 Å². The molecule has 0 unspecified atom stereocenters. The minimum Gasteiger partial charge on any atom is -0.352 e. The molecule has 3 rings (SSSR count). The van der Waals surface area contributed by atoms with Crippen molar-refractivity contribution >= 4 is 50.7 Å². The second-order valence-corrected chi connectivity index (χ2v) is 12.6. The van der Waals surface area contributed by atoms with Crippen molar-refractivity contribution in [2.45, 2.75) is 64.6 Å². The van der Waals surface area contributed by atoms with Crippen LogP contribution in [0.25, 0.3) is 0 Å². The predicted octanol–water partition coefficient (Wildman–Crippen LogP) is 6.14. The van der Waals surface area contributed by atoms with Gasteiger partial charge in [-0.2, -0.15) is 0 Å². The number of aryl methyl sites for hydroxylation is 2. The number of hydrogen-bond donors (Lipinski definition) is 1. The highest BCUT2D eigenvalue weighted by Crippen LogP contribution is 2.29. The number of sulfonamides is 1. The molecule has 1 N–H and O–H groups in total. The van der Waals surface area contributed by atoms with E-state index in [4.69, 9.17) is 23.2 Å². The first-order chi connectivity index (χ1) is 18.8. The van der Waals surface area contributed by atoms with Gasteiger partial charge in [0.1, 0.15) is 12.6 Å². The summed E-state index contributed by atoms with van der Waals surface area (Å²) in [6.45, 7) is 8.59. The molecule has 0 fully saturated rings. The molecule has 0 aliphatic rings. The fraction of sp³-hybridized carbons (Fsp3) is 0.333. The Balaban J connectivity index is 2.06. The highest BCUT2D eigenvalue weighted by molar-refractivity contribution is 7.92. The predicted molar refractivity (Wildman–Crippen MR) is 161 cm³/mol. The smallest absolute Gasteiger partial charge is 0.264 e. The highest BCUT2D eigenvalue weighted by Gasteiger charge is 2.33. The molecule has 3 aromatic rings. The normalized spacial score (nSPS) is 12.9. The Morgan fingerprint density at radius 3 is 2.17 bits per heavy atom. The van der Waals surface area contributed by atoms with Crippen molar-refractivity contribution in [3.05, 3.63) is 93.5 Å². The zero-order valence-corrected chi connectivity index (χ0v) is 25.6. The van der Waals surface area contributed by atoms with Gasteiger partial charge in [-0.05, 0) is 87.7 Å². The molecule has 0 aliphatic carbocycles. The van der Waals surface area contributed by atoms with E-state index >= 15 is 0 Å². The lowest BCUT2D eigenvalue weighted by Gasteiger charge is -2.33. The number of carbonyl (C=O) groups excluding carboxylic acids is 2. The van der Waals surface area contributed by atoms with Crippen LogP contribution in [0.2, 0.25) is 10.0 Å². The Hall–Kier alpha value is -3.07. The van der Waals surface area contributed by atoms with Crippen LogP contribution in [0.4, 0.5) is 5.69 Å². The maximum atomic E-state index is 14.0.